The fraction of sp³-hybridized carbons (Fsp3) is 0.850. The minimum Gasteiger partial charge on any atom is -0.393 e. The van der Waals surface area contributed by atoms with E-state index in [9.17, 15) is 5.11 Å². The maximum Gasteiger partial charge on any atom is 0.0596 e. The maximum atomic E-state index is 10.6. The first kappa shape index (κ1) is 14.5. The molecular formula is C20H30N2O. The molecule has 4 aliphatic rings. The highest BCUT2D eigenvalue weighted by Crippen LogP contribution is 2.65. The van der Waals surface area contributed by atoms with Gasteiger partial charge in [0.25, 0.3) is 0 Å². The monoisotopic (exact) mass is 314 g/mol. The van der Waals surface area contributed by atoms with E-state index in [1.807, 2.05) is 0 Å². The summed E-state index contributed by atoms with van der Waals surface area (Å²) in [4.78, 5) is 0. The van der Waals surface area contributed by atoms with Gasteiger partial charge in [0.2, 0.25) is 0 Å². The van der Waals surface area contributed by atoms with Crippen LogP contribution in [-0.2, 0) is 12.8 Å². The van der Waals surface area contributed by atoms with E-state index in [4.69, 9.17) is 0 Å². The molecule has 0 spiro atoms. The fourth-order valence-electron chi connectivity index (χ4n) is 7.44. The van der Waals surface area contributed by atoms with Crippen LogP contribution < -0.4 is 0 Å². The Hall–Kier alpha value is -0.830. The molecule has 126 valence electrons. The van der Waals surface area contributed by atoms with Crippen molar-refractivity contribution < 1.29 is 5.11 Å². The van der Waals surface area contributed by atoms with Crippen LogP contribution in [0.25, 0.3) is 0 Å². The molecule has 1 heterocycles. The van der Waals surface area contributed by atoms with E-state index in [0.29, 0.717) is 5.41 Å². The highest BCUT2D eigenvalue weighted by atomic mass is 16.3. The maximum absolute atomic E-state index is 10.6. The lowest BCUT2D eigenvalue weighted by Crippen LogP contribution is -2.54. The SMILES string of the molecule is C[C@]12Cc3cn[nH]c3CC1CC[C@H]1C2CC[C@@]2(C)C1CC[C@@H]2O. The molecule has 3 heteroatoms. The van der Waals surface area contributed by atoms with Crippen molar-refractivity contribution in [3.8, 4) is 0 Å². The van der Waals surface area contributed by atoms with E-state index in [1.54, 1.807) is 0 Å². The van der Waals surface area contributed by atoms with Crippen LogP contribution in [0.5, 0.6) is 0 Å². The smallest absolute Gasteiger partial charge is 0.0596 e. The predicted octanol–water partition coefficient (Wildman–Crippen LogP) is 3.73. The van der Waals surface area contributed by atoms with Gasteiger partial charge in [-0.05, 0) is 91.4 Å². The van der Waals surface area contributed by atoms with Crippen LogP contribution in [0.1, 0.15) is 63.6 Å². The Balaban J connectivity index is 1.50. The molecule has 0 aliphatic heterocycles. The number of hydrogen-bond acceptors (Lipinski definition) is 2. The Bertz CT molecular complexity index is 625. The number of hydrogen-bond donors (Lipinski definition) is 2. The molecule has 3 nitrogen and oxygen atoms in total. The summed E-state index contributed by atoms with van der Waals surface area (Å²) < 4.78 is 0. The molecule has 4 aliphatic carbocycles. The van der Waals surface area contributed by atoms with E-state index in [2.05, 4.69) is 30.2 Å². The third-order valence-corrected chi connectivity index (χ3v) is 8.84. The molecular weight excluding hydrogens is 284 g/mol. The lowest BCUT2D eigenvalue weighted by Gasteiger charge is -2.60. The number of nitrogens with zero attached hydrogens (tertiary/aromatic N) is 1. The summed E-state index contributed by atoms with van der Waals surface area (Å²) in [5.41, 5.74) is 3.54. The van der Waals surface area contributed by atoms with Crippen LogP contribution in [0.4, 0.5) is 0 Å². The number of nitrogens with one attached hydrogen (secondary N) is 1. The summed E-state index contributed by atoms with van der Waals surface area (Å²) in [6.45, 7) is 4.97. The summed E-state index contributed by atoms with van der Waals surface area (Å²) in [5, 5.41) is 18.1. The lowest BCUT2D eigenvalue weighted by molar-refractivity contribution is -0.111. The zero-order chi connectivity index (χ0) is 15.8. The number of aliphatic hydroxyl groups is 1. The largest absolute Gasteiger partial charge is 0.393 e. The standard InChI is InChI=1S/C20H30N2O/c1-19-8-7-16-14(15(19)5-6-18(19)23)4-3-13-9-17-12(11-21-22-17)10-20(13,16)2/h11,13-16,18,23H,3-10H2,1-2H3,(H,21,22)/t13?,14-,15?,16?,18+,19+,20+/m1/s1. The summed E-state index contributed by atoms with van der Waals surface area (Å²) >= 11 is 0. The van der Waals surface area contributed by atoms with Crippen LogP contribution in [0.15, 0.2) is 6.20 Å². The van der Waals surface area contributed by atoms with Gasteiger partial charge in [-0.1, -0.05) is 13.8 Å². The average molecular weight is 314 g/mol. The van der Waals surface area contributed by atoms with Crippen molar-refractivity contribution in [1.29, 1.82) is 0 Å². The molecule has 1 aromatic heterocycles. The molecule has 0 amide bonds. The van der Waals surface area contributed by atoms with E-state index in [0.717, 1.165) is 30.1 Å². The Morgan fingerprint density at radius 3 is 2.78 bits per heavy atom. The number of aromatic nitrogens is 2. The first-order valence-electron chi connectivity index (χ1n) is 9.71. The molecule has 3 saturated carbocycles. The van der Waals surface area contributed by atoms with Crippen molar-refractivity contribution in [3.05, 3.63) is 17.5 Å². The Morgan fingerprint density at radius 1 is 1.09 bits per heavy atom. The van der Waals surface area contributed by atoms with Crippen LogP contribution in [0.3, 0.4) is 0 Å². The number of H-pyrrole nitrogens is 1. The Labute approximate surface area is 139 Å². The zero-order valence-corrected chi connectivity index (χ0v) is 14.5. The quantitative estimate of drug-likeness (QED) is 0.766. The third kappa shape index (κ3) is 1.78. The highest BCUT2D eigenvalue weighted by Gasteiger charge is 2.60. The first-order chi connectivity index (χ1) is 11.0. The summed E-state index contributed by atoms with van der Waals surface area (Å²) in [5.74, 6) is 3.29. The van der Waals surface area contributed by atoms with Gasteiger partial charge >= 0.3 is 0 Å². The van der Waals surface area contributed by atoms with Crippen LogP contribution >= 0.6 is 0 Å². The van der Waals surface area contributed by atoms with Gasteiger partial charge in [0, 0.05) is 5.69 Å². The molecule has 2 N–H and O–H groups in total. The van der Waals surface area contributed by atoms with Gasteiger partial charge in [-0.15, -0.1) is 0 Å². The molecule has 5 rings (SSSR count). The van der Waals surface area contributed by atoms with Crippen molar-refractivity contribution in [2.24, 2.45) is 34.5 Å². The number of rotatable bonds is 0. The molecule has 3 unspecified atom stereocenters. The van der Waals surface area contributed by atoms with Gasteiger partial charge in [-0.2, -0.15) is 5.10 Å². The van der Waals surface area contributed by atoms with E-state index >= 15 is 0 Å². The van der Waals surface area contributed by atoms with Gasteiger partial charge in [-0.3, -0.25) is 5.10 Å². The normalized spacial score (nSPS) is 51.5. The minimum absolute atomic E-state index is 0.0502. The predicted molar refractivity (Wildman–Crippen MR) is 89.9 cm³/mol. The van der Waals surface area contributed by atoms with Gasteiger partial charge in [0.05, 0.1) is 12.3 Å². The molecule has 7 atom stereocenters. The number of aliphatic hydroxyl groups excluding tert-OH is 1. The highest BCUT2D eigenvalue weighted by molar-refractivity contribution is 5.25. The van der Waals surface area contributed by atoms with E-state index in [1.165, 1.54) is 56.2 Å². The Morgan fingerprint density at radius 2 is 1.91 bits per heavy atom. The summed E-state index contributed by atoms with van der Waals surface area (Å²) in [6, 6.07) is 0. The third-order valence-electron chi connectivity index (χ3n) is 8.84. The topological polar surface area (TPSA) is 48.9 Å². The lowest BCUT2D eigenvalue weighted by atomic mass is 9.45. The summed E-state index contributed by atoms with van der Waals surface area (Å²) in [6.07, 6.45) is 12.1. The van der Waals surface area contributed by atoms with E-state index in [-0.39, 0.29) is 11.5 Å². The average Bonchev–Trinajstić information content (AvgIpc) is 3.08. The number of fused-ring (bicyclic) bond motifs is 6. The van der Waals surface area contributed by atoms with Gasteiger partial charge in [-0.25, -0.2) is 0 Å². The molecule has 1 aromatic rings. The van der Waals surface area contributed by atoms with Crippen molar-refractivity contribution in [1.82, 2.24) is 10.2 Å². The second kappa shape index (κ2) is 4.62. The van der Waals surface area contributed by atoms with Crippen LogP contribution in [-0.4, -0.2) is 21.4 Å². The van der Waals surface area contributed by atoms with Crippen molar-refractivity contribution in [3.63, 3.8) is 0 Å². The second-order valence-corrected chi connectivity index (χ2v) is 9.55. The Kier molecular flexibility index (Phi) is 2.92. The van der Waals surface area contributed by atoms with Gasteiger partial charge in [0.1, 0.15) is 0 Å². The van der Waals surface area contributed by atoms with Crippen molar-refractivity contribution in [2.45, 2.75) is 71.3 Å². The molecule has 0 bridgehead atoms. The fourth-order valence-corrected chi connectivity index (χ4v) is 7.44. The molecule has 0 saturated heterocycles. The van der Waals surface area contributed by atoms with Crippen LogP contribution in [0.2, 0.25) is 0 Å². The first-order valence-corrected chi connectivity index (χ1v) is 9.71. The van der Waals surface area contributed by atoms with Gasteiger partial charge < -0.3 is 5.11 Å². The molecule has 0 aromatic carbocycles. The van der Waals surface area contributed by atoms with Crippen molar-refractivity contribution in [2.75, 3.05) is 0 Å². The molecule has 23 heavy (non-hydrogen) atoms. The van der Waals surface area contributed by atoms with Crippen molar-refractivity contribution >= 4 is 0 Å². The molecule has 3 fully saturated rings. The van der Waals surface area contributed by atoms with Crippen LogP contribution in [0, 0.1) is 34.5 Å². The number of aromatic amines is 1. The molecule has 0 radical (unpaired) electrons. The summed E-state index contributed by atoms with van der Waals surface area (Å²) in [7, 11) is 0. The van der Waals surface area contributed by atoms with E-state index < -0.39 is 0 Å². The second-order valence-electron chi connectivity index (χ2n) is 9.55. The zero-order valence-electron chi connectivity index (χ0n) is 14.5. The van der Waals surface area contributed by atoms with Gasteiger partial charge in [0.15, 0.2) is 0 Å². The minimum atomic E-state index is -0.0502.